The standard InChI is InChI=1S/C15H21F3N2O3S2/c1-19(2)10-12-11-24-9-3-8-20(12)25(21,22)14-6-4-13(5-7-14)23-15(16,17)18/h4-7,12H,3,8-11H2,1-2H3/t12-/m0/s1. The lowest BCUT2D eigenvalue weighted by Gasteiger charge is -2.30. The largest absolute Gasteiger partial charge is 0.573 e. The Morgan fingerprint density at radius 3 is 2.48 bits per heavy atom. The molecule has 0 amide bonds. The van der Waals surface area contributed by atoms with Crippen molar-refractivity contribution in [2.24, 2.45) is 0 Å². The number of hydrogen-bond acceptors (Lipinski definition) is 5. The number of alkyl halides is 3. The maximum atomic E-state index is 13.0. The summed E-state index contributed by atoms with van der Waals surface area (Å²) in [6.07, 6.45) is -4.07. The average Bonchev–Trinajstić information content (AvgIpc) is 2.71. The number of rotatable bonds is 5. The first-order valence-electron chi connectivity index (χ1n) is 7.70. The van der Waals surface area contributed by atoms with Gasteiger partial charge in [0.1, 0.15) is 5.75 Å². The van der Waals surface area contributed by atoms with Crippen molar-refractivity contribution in [1.82, 2.24) is 9.21 Å². The van der Waals surface area contributed by atoms with Crippen molar-refractivity contribution < 1.29 is 26.3 Å². The van der Waals surface area contributed by atoms with E-state index in [1.54, 1.807) is 11.8 Å². The van der Waals surface area contributed by atoms with E-state index in [9.17, 15) is 21.6 Å². The summed E-state index contributed by atoms with van der Waals surface area (Å²) in [7, 11) is -0.0269. The molecule has 1 saturated heterocycles. The lowest BCUT2D eigenvalue weighted by atomic mass is 10.3. The molecule has 1 aromatic rings. The smallest absolute Gasteiger partial charge is 0.406 e. The number of thioether (sulfide) groups is 1. The molecule has 0 aromatic heterocycles. The Labute approximate surface area is 150 Å². The molecule has 0 aliphatic carbocycles. The highest BCUT2D eigenvalue weighted by Gasteiger charge is 2.34. The number of nitrogens with zero attached hydrogens (tertiary/aromatic N) is 2. The van der Waals surface area contributed by atoms with Gasteiger partial charge in [0.05, 0.1) is 4.90 Å². The maximum absolute atomic E-state index is 13.0. The Bertz CT molecular complexity index is 664. The van der Waals surface area contributed by atoms with Crippen LogP contribution in [-0.4, -0.2) is 68.7 Å². The van der Waals surface area contributed by atoms with Crippen LogP contribution in [0.15, 0.2) is 29.2 Å². The molecule has 0 N–H and O–H groups in total. The summed E-state index contributed by atoms with van der Waals surface area (Å²) in [6, 6.07) is 4.17. The minimum Gasteiger partial charge on any atom is -0.406 e. The predicted molar refractivity (Wildman–Crippen MR) is 91.3 cm³/mol. The summed E-state index contributed by atoms with van der Waals surface area (Å²) in [6.45, 7) is 0.982. The van der Waals surface area contributed by atoms with Gasteiger partial charge >= 0.3 is 6.36 Å². The maximum Gasteiger partial charge on any atom is 0.573 e. The van der Waals surface area contributed by atoms with Gasteiger partial charge in [-0.1, -0.05) is 0 Å². The Hall–Kier alpha value is -0.970. The molecule has 1 aromatic carbocycles. The number of likely N-dealkylation sites (N-methyl/N-ethyl adjacent to an activating group) is 1. The van der Waals surface area contributed by atoms with Crippen LogP contribution in [0.25, 0.3) is 0 Å². The summed E-state index contributed by atoms with van der Waals surface area (Å²) in [4.78, 5) is 1.90. The summed E-state index contributed by atoms with van der Waals surface area (Å²) < 4.78 is 67.9. The predicted octanol–water partition coefficient (Wildman–Crippen LogP) is 2.64. The van der Waals surface area contributed by atoms with E-state index in [1.165, 1.54) is 4.31 Å². The molecule has 0 bridgehead atoms. The summed E-state index contributed by atoms with van der Waals surface area (Å²) in [5.74, 6) is 1.13. The van der Waals surface area contributed by atoms with Crippen molar-refractivity contribution in [2.75, 3.05) is 38.7 Å². The molecule has 25 heavy (non-hydrogen) atoms. The number of ether oxygens (including phenoxy) is 1. The first-order chi connectivity index (χ1) is 11.6. The molecule has 0 spiro atoms. The molecule has 0 saturated carbocycles. The fourth-order valence-electron chi connectivity index (χ4n) is 2.64. The van der Waals surface area contributed by atoms with Gasteiger partial charge in [-0.25, -0.2) is 8.42 Å². The Morgan fingerprint density at radius 2 is 1.92 bits per heavy atom. The second kappa shape index (κ2) is 8.15. The Morgan fingerprint density at radius 1 is 1.28 bits per heavy atom. The van der Waals surface area contributed by atoms with Crippen LogP contribution >= 0.6 is 11.8 Å². The Kier molecular flexibility index (Phi) is 6.63. The van der Waals surface area contributed by atoms with Crippen molar-refractivity contribution in [3.05, 3.63) is 24.3 Å². The van der Waals surface area contributed by atoms with E-state index < -0.39 is 22.1 Å². The molecule has 5 nitrogen and oxygen atoms in total. The minimum absolute atomic E-state index is 0.0299. The molecule has 1 aliphatic heterocycles. The highest BCUT2D eigenvalue weighted by molar-refractivity contribution is 7.99. The molecule has 0 radical (unpaired) electrons. The molecule has 142 valence electrons. The highest BCUT2D eigenvalue weighted by atomic mass is 32.2. The zero-order valence-corrected chi connectivity index (χ0v) is 15.6. The van der Waals surface area contributed by atoms with Crippen LogP contribution in [0.5, 0.6) is 5.75 Å². The van der Waals surface area contributed by atoms with Crippen LogP contribution in [0.3, 0.4) is 0 Å². The normalized spacial score (nSPS) is 20.5. The summed E-state index contributed by atoms with van der Waals surface area (Å²) >= 11 is 1.71. The van der Waals surface area contributed by atoms with Gasteiger partial charge in [-0.05, 0) is 50.5 Å². The molecular formula is C15H21F3N2O3S2. The zero-order valence-electron chi connectivity index (χ0n) is 14.0. The quantitative estimate of drug-likeness (QED) is 0.763. The van der Waals surface area contributed by atoms with Gasteiger partial charge in [0.15, 0.2) is 0 Å². The Balaban J connectivity index is 2.25. The van der Waals surface area contributed by atoms with E-state index in [4.69, 9.17) is 0 Å². The molecule has 10 heteroatoms. The fourth-order valence-corrected chi connectivity index (χ4v) is 5.44. The zero-order chi connectivity index (χ0) is 18.7. The van der Waals surface area contributed by atoms with Gasteiger partial charge in [-0.3, -0.25) is 0 Å². The molecule has 0 unspecified atom stereocenters. The van der Waals surface area contributed by atoms with E-state index in [0.29, 0.717) is 18.8 Å². The van der Waals surface area contributed by atoms with Gasteiger partial charge in [0.25, 0.3) is 0 Å². The minimum atomic E-state index is -4.81. The number of benzene rings is 1. The van der Waals surface area contributed by atoms with Gasteiger partial charge in [-0.15, -0.1) is 13.2 Å². The van der Waals surface area contributed by atoms with E-state index in [-0.39, 0.29) is 10.9 Å². The van der Waals surface area contributed by atoms with Crippen LogP contribution < -0.4 is 4.74 Å². The van der Waals surface area contributed by atoms with Crippen molar-refractivity contribution >= 4 is 21.8 Å². The van der Waals surface area contributed by atoms with E-state index in [0.717, 1.165) is 36.4 Å². The summed E-state index contributed by atoms with van der Waals surface area (Å²) in [5, 5.41) is 0. The third-order valence-corrected chi connectivity index (χ3v) is 6.79. The van der Waals surface area contributed by atoms with Gasteiger partial charge < -0.3 is 9.64 Å². The molecule has 2 rings (SSSR count). The fraction of sp³-hybridized carbons (Fsp3) is 0.600. The van der Waals surface area contributed by atoms with Crippen molar-refractivity contribution in [2.45, 2.75) is 23.7 Å². The third-order valence-electron chi connectivity index (χ3n) is 3.62. The van der Waals surface area contributed by atoms with Gasteiger partial charge in [0.2, 0.25) is 10.0 Å². The van der Waals surface area contributed by atoms with Crippen molar-refractivity contribution in [3.63, 3.8) is 0 Å². The number of sulfonamides is 1. The highest BCUT2D eigenvalue weighted by Crippen LogP contribution is 2.28. The van der Waals surface area contributed by atoms with E-state index >= 15 is 0 Å². The van der Waals surface area contributed by atoms with Crippen molar-refractivity contribution in [3.8, 4) is 5.75 Å². The van der Waals surface area contributed by atoms with Crippen molar-refractivity contribution in [1.29, 1.82) is 0 Å². The van der Waals surface area contributed by atoms with Crippen LogP contribution in [0.1, 0.15) is 6.42 Å². The molecule has 1 heterocycles. The van der Waals surface area contributed by atoms with Crippen LogP contribution in [0.4, 0.5) is 13.2 Å². The van der Waals surface area contributed by atoms with E-state index in [2.05, 4.69) is 4.74 Å². The first kappa shape index (κ1) is 20.3. The van der Waals surface area contributed by atoms with E-state index in [1.807, 2.05) is 19.0 Å². The molecule has 1 aliphatic rings. The molecule has 1 atom stereocenters. The monoisotopic (exact) mass is 398 g/mol. The first-order valence-corrected chi connectivity index (χ1v) is 10.3. The third kappa shape index (κ3) is 5.77. The average molecular weight is 398 g/mol. The second-order valence-electron chi connectivity index (χ2n) is 5.98. The van der Waals surface area contributed by atoms with Gasteiger partial charge in [0, 0.05) is 24.9 Å². The lowest BCUT2D eigenvalue weighted by molar-refractivity contribution is -0.274. The number of halogens is 3. The van der Waals surface area contributed by atoms with Crippen LogP contribution in [-0.2, 0) is 10.0 Å². The molecule has 1 fully saturated rings. The lowest BCUT2D eigenvalue weighted by Crippen LogP contribution is -2.46. The summed E-state index contributed by atoms with van der Waals surface area (Å²) in [5.41, 5.74) is 0. The second-order valence-corrected chi connectivity index (χ2v) is 9.02. The number of hydrogen-bond donors (Lipinski definition) is 0. The molecular weight excluding hydrogens is 377 g/mol. The topological polar surface area (TPSA) is 49.9 Å². The van der Waals surface area contributed by atoms with Crippen LogP contribution in [0, 0.1) is 0 Å². The van der Waals surface area contributed by atoms with Gasteiger partial charge in [-0.2, -0.15) is 16.1 Å². The SMILES string of the molecule is CN(C)C[C@H]1CSCCCN1S(=O)(=O)c1ccc(OC(F)(F)F)cc1. The van der Waals surface area contributed by atoms with Crippen LogP contribution in [0.2, 0.25) is 0 Å².